The van der Waals surface area contributed by atoms with Crippen LogP contribution in [0.2, 0.25) is 0 Å². The molecule has 0 aliphatic carbocycles. The molecule has 1 fully saturated rings. The number of carboxylic acids is 1. The summed E-state index contributed by atoms with van der Waals surface area (Å²) in [5.41, 5.74) is 5.77. The molecule has 198 valence electrons. The van der Waals surface area contributed by atoms with Gasteiger partial charge in [0.15, 0.2) is 0 Å². The fourth-order valence-electron chi connectivity index (χ4n) is 4.90. The molecule has 6 rings (SSSR count). The van der Waals surface area contributed by atoms with Gasteiger partial charge in [0, 0.05) is 53.1 Å². The smallest absolute Gasteiger partial charge is 0.335 e. The Morgan fingerprint density at radius 2 is 1.82 bits per heavy atom. The van der Waals surface area contributed by atoms with Crippen LogP contribution < -0.4 is 9.64 Å². The lowest BCUT2D eigenvalue weighted by Gasteiger charge is -2.30. The van der Waals surface area contributed by atoms with E-state index in [9.17, 15) is 9.90 Å². The van der Waals surface area contributed by atoms with Crippen LogP contribution in [0.4, 0.5) is 5.95 Å². The molecule has 10 heteroatoms. The molecule has 0 radical (unpaired) electrons. The van der Waals surface area contributed by atoms with E-state index in [4.69, 9.17) is 14.2 Å². The lowest BCUT2D eigenvalue weighted by atomic mass is 10.00. The molecule has 0 atom stereocenters. The Hall–Kier alpha value is -4.73. The first-order valence-electron chi connectivity index (χ1n) is 12.9. The van der Waals surface area contributed by atoms with E-state index in [-0.39, 0.29) is 11.7 Å². The van der Waals surface area contributed by atoms with Gasteiger partial charge in [-0.25, -0.2) is 19.7 Å². The van der Waals surface area contributed by atoms with Gasteiger partial charge in [0.1, 0.15) is 17.2 Å². The van der Waals surface area contributed by atoms with E-state index >= 15 is 0 Å². The molecule has 1 saturated heterocycles. The molecule has 1 aromatic carbocycles. The average Bonchev–Trinajstić information content (AvgIpc) is 3.42. The summed E-state index contributed by atoms with van der Waals surface area (Å²) in [7, 11) is 0. The van der Waals surface area contributed by atoms with Crippen molar-refractivity contribution < 1.29 is 19.2 Å². The van der Waals surface area contributed by atoms with Crippen LogP contribution in [0.15, 0.2) is 53.6 Å². The van der Waals surface area contributed by atoms with E-state index in [1.165, 1.54) is 0 Å². The van der Waals surface area contributed by atoms with E-state index in [2.05, 4.69) is 26.1 Å². The summed E-state index contributed by atoms with van der Waals surface area (Å²) in [4.78, 5) is 27.9. The average molecular weight is 525 g/mol. The van der Waals surface area contributed by atoms with Gasteiger partial charge >= 0.3 is 5.97 Å². The van der Waals surface area contributed by atoms with Crippen molar-refractivity contribution in [2.24, 2.45) is 0 Å². The van der Waals surface area contributed by atoms with E-state index in [0.717, 1.165) is 58.5 Å². The highest BCUT2D eigenvalue weighted by Gasteiger charge is 2.22. The maximum absolute atomic E-state index is 11.7. The zero-order valence-corrected chi connectivity index (χ0v) is 22.2. The van der Waals surface area contributed by atoms with E-state index in [1.807, 2.05) is 44.7 Å². The number of benzene rings is 1. The van der Waals surface area contributed by atoms with Gasteiger partial charge < -0.3 is 19.3 Å². The second-order valence-corrected chi connectivity index (χ2v) is 9.97. The number of ether oxygens (including phenoxy) is 1. The Morgan fingerprint density at radius 3 is 2.44 bits per heavy atom. The molecule has 1 N–H and O–H groups in total. The predicted octanol–water partition coefficient (Wildman–Crippen LogP) is 5.45. The van der Waals surface area contributed by atoms with Gasteiger partial charge in [-0.2, -0.15) is 0 Å². The quantitative estimate of drug-likeness (QED) is 0.296. The number of aryl methyl sites for hydroxylation is 2. The summed E-state index contributed by atoms with van der Waals surface area (Å²) in [5.74, 6) is 0.891. The van der Waals surface area contributed by atoms with Crippen LogP contribution in [0.3, 0.4) is 0 Å². The second-order valence-electron chi connectivity index (χ2n) is 9.97. The van der Waals surface area contributed by atoms with Crippen LogP contribution in [0.25, 0.3) is 39.0 Å². The molecule has 5 aromatic rings. The van der Waals surface area contributed by atoms with Crippen molar-refractivity contribution in [3.05, 3.63) is 66.1 Å². The summed E-state index contributed by atoms with van der Waals surface area (Å²) >= 11 is 0. The Bertz CT molecular complexity index is 1680. The molecular weight excluding hydrogens is 496 g/mol. The van der Waals surface area contributed by atoms with Crippen molar-refractivity contribution in [3.8, 4) is 33.7 Å². The minimum Gasteiger partial charge on any atom is -0.490 e. The molecule has 0 amide bonds. The summed E-state index contributed by atoms with van der Waals surface area (Å²) in [5, 5.41) is 14.6. The van der Waals surface area contributed by atoms with E-state index < -0.39 is 5.97 Å². The van der Waals surface area contributed by atoms with Crippen molar-refractivity contribution in [1.82, 2.24) is 24.7 Å². The van der Waals surface area contributed by atoms with Gasteiger partial charge in [0.25, 0.3) is 0 Å². The topological polar surface area (TPSA) is 119 Å². The minimum absolute atomic E-state index is 0.153. The highest BCUT2D eigenvalue weighted by molar-refractivity contribution is 5.99. The number of aromatic nitrogens is 5. The highest BCUT2D eigenvalue weighted by Crippen LogP contribution is 2.40. The summed E-state index contributed by atoms with van der Waals surface area (Å²) in [6.07, 6.45) is 8.37. The third-order valence-corrected chi connectivity index (χ3v) is 6.89. The van der Waals surface area contributed by atoms with Gasteiger partial charge in [0.05, 0.1) is 35.4 Å². The molecule has 0 unspecified atom stereocenters. The molecule has 0 saturated carbocycles. The van der Waals surface area contributed by atoms with E-state index in [0.29, 0.717) is 23.1 Å². The van der Waals surface area contributed by atoms with Crippen LogP contribution in [0, 0.1) is 13.8 Å². The first kappa shape index (κ1) is 24.6. The summed E-state index contributed by atoms with van der Waals surface area (Å²) in [6.45, 7) is 9.53. The number of rotatable bonds is 7. The third-order valence-electron chi connectivity index (χ3n) is 6.89. The largest absolute Gasteiger partial charge is 0.490 e. The number of carboxylic acid groups (broad SMARTS) is 1. The number of anilines is 1. The lowest BCUT2D eigenvalue weighted by Crippen LogP contribution is -2.38. The van der Waals surface area contributed by atoms with Crippen LogP contribution >= 0.6 is 0 Å². The monoisotopic (exact) mass is 524 g/mol. The van der Waals surface area contributed by atoms with Gasteiger partial charge in [-0.3, -0.25) is 4.57 Å². The Morgan fingerprint density at radius 1 is 1.05 bits per heavy atom. The first-order valence-corrected chi connectivity index (χ1v) is 12.9. The maximum Gasteiger partial charge on any atom is 0.335 e. The fourth-order valence-corrected chi connectivity index (χ4v) is 4.90. The molecule has 1 aliphatic heterocycles. The maximum atomic E-state index is 11.7. The Labute approximate surface area is 224 Å². The normalized spacial score (nSPS) is 13.2. The number of pyridine rings is 1. The second kappa shape index (κ2) is 9.54. The number of hydrogen-bond acceptors (Lipinski definition) is 8. The standard InChI is InChI=1S/C29H28N6O4/c1-16(2)38-25-11-19(28(36)37)6-7-22(25)24-15-35(21-13-31-29(32-14-21)34-8-5-9-34)27-23(24)10-20(12-30-27)26-17(3)33-39-18(26)4/h6-7,10-16H,5,8-9H2,1-4H3,(H,36,37). The van der Waals surface area contributed by atoms with Crippen molar-refractivity contribution >= 4 is 23.0 Å². The van der Waals surface area contributed by atoms with Crippen LogP contribution in [0.1, 0.15) is 42.1 Å². The van der Waals surface area contributed by atoms with Crippen LogP contribution in [-0.2, 0) is 0 Å². The number of fused-ring (bicyclic) bond motifs is 1. The molecule has 4 aromatic heterocycles. The molecule has 10 nitrogen and oxygen atoms in total. The van der Waals surface area contributed by atoms with Crippen LogP contribution in [-0.4, -0.2) is 54.9 Å². The fraction of sp³-hybridized carbons (Fsp3) is 0.276. The lowest BCUT2D eigenvalue weighted by molar-refractivity contribution is 0.0696. The third kappa shape index (κ3) is 4.37. The van der Waals surface area contributed by atoms with Crippen molar-refractivity contribution in [1.29, 1.82) is 0 Å². The molecule has 0 spiro atoms. The van der Waals surface area contributed by atoms with Gasteiger partial charge in [-0.1, -0.05) is 5.16 Å². The number of aromatic carboxylic acids is 1. The molecular formula is C29H28N6O4. The minimum atomic E-state index is -1.01. The number of hydrogen-bond donors (Lipinski definition) is 1. The van der Waals surface area contributed by atoms with Crippen molar-refractivity contribution in [3.63, 3.8) is 0 Å². The molecule has 1 aliphatic rings. The Balaban J connectivity index is 1.57. The number of nitrogens with zero attached hydrogens (tertiary/aromatic N) is 6. The summed E-state index contributed by atoms with van der Waals surface area (Å²) in [6, 6.07) is 6.99. The summed E-state index contributed by atoms with van der Waals surface area (Å²) < 4.78 is 13.5. The zero-order chi connectivity index (χ0) is 27.3. The van der Waals surface area contributed by atoms with Crippen molar-refractivity contribution in [2.45, 2.75) is 40.2 Å². The Kier molecular flexibility index (Phi) is 6.02. The van der Waals surface area contributed by atoms with Gasteiger partial charge in [0.2, 0.25) is 5.95 Å². The van der Waals surface area contributed by atoms with Crippen molar-refractivity contribution in [2.75, 3.05) is 18.0 Å². The zero-order valence-electron chi connectivity index (χ0n) is 22.2. The first-order chi connectivity index (χ1) is 18.8. The molecule has 39 heavy (non-hydrogen) atoms. The van der Waals surface area contributed by atoms with Crippen LogP contribution in [0.5, 0.6) is 5.75 Å². The SMILES string of the molecule is Cc1noc(C)c1-c1cnc2c(c1)c(-c1ccc(C(=O)O)cc1OC(C)C)cn2-c1cnc(N2CCC2)nc1. The highest BCUT2D eigenvalue weighted by atomic mass is 16.5. The molecule has 0 bridgehead atoms. The van der Waals surface area contributed by atoms with E-state index in [1.54, 1.807) is 30.6 Å². The van der Waals surface area contributed by atoms with Gasteiger partial charge in [-0.05, 0) is 58.4 Å². The predicted molar refractivity (Wildman–Crippen MR) is 147 cm³/mol. The number of carbonyl (C=O) groups is 1. The molecule has 5 heterocycles. The van der Waals surface area contributed by atoms with Gasteiger partial charge in [-0.15, -0.1) is 0 Å².